The molecule has 600 valence electrons. The number of rotatable bonds is 8. The molecule has 0 aliphatic carbocycles. The third kappa shape index (κ3) is 12.3. The van der Waals surface area contributed by atoms with Crippen molar-refractivity contribution < 1.29 is 13.3 Å². The molecule has 0 saturated carbocycles. The van der Waals surface area contributed by atoms with Gasteiger partial charge in [-0.2, -0.15) is 0 Å². The molecule has 7 nitrogen and oxygen atoms in total. The number of thiophene rings is 1. The van der Waals surface area contributed by atoms with Crippen molar-refractivity contribution in [2.45, 2.75) is 19.3 Å². The summed E-state index contributed by atoms with van der Waals surface area (Å²) < 4.78 is 21.6. The van der Waals surface area contributed by atoms with Crippen LogP contribution in [0.15, 0.2) is 438 Å². The Hall–Kier alpha value is -16.4. The Kier molecular flexibility index (Phi) is 17.4. The van der Waals surface area contributed by atoms with Gasteiger partial charge in [-0.3, -0.25) is 0 Å². The second-order valence-electron chi connectivity index (χ2n) is 33.9. The summed E-state index contributed by atoms with van der Waals surface area (Å²) >= 11 is 1.85. The lowest BCUT2D eigenvalue weighted by Crippen LogP contribution is -2.30. The average Bonchev–Trinajstić information content (AvgIpc) is 1.08. The third-order valence-corrected chi connectivity index (χ3v) is 27.2. The van der Waals surface area contributed by atoms with E-state index in [1.54, 1.807) is 0 Å². The van der Waals surface area contributed by atoms with Crippen molar-refractivity contribution in [2.24, 2.45) is 0 Å². The number of anilines is 3. The first-order valence-electron chi connectivity index (χ1n) is 43.6. The molecular weight excluding hydrogens is 1580 g/mol. The van der Waals surface area contributed by atoms with E-state index >= 15 is 0 Å². The van der Waals surface area contributed by atoms with Crippen molar-refractivity contribution in [1.29, 1.82) is 0 Å². The molecule has 0 bridgehead atoms. The Morgan fingerprint density at radius 3 is 0.953 bits per heavy atom. The molecule has 8 heterocycles. The monoisotopic (exact) mass is 1650 g/mol. The van der Waals surface area contributed by atoms with Gasteiger partial charge >= 0.3 is 0 Å². The highest BCUT2D eigenvalue weighted by Gasteiger charge is 2.37. The molecule has 0 unspecified atom stereocenters. The zero-order chi connectivity index (χ0) is 84.7. The van der Waals surface area contributed by atoms with Crippen LogP contribution in [-0.2, 0) is 5.41 Å². The minimum atomic E-state index is -0.108. The normalized spacial score (nSPS) is 12.5. The van der Waals surface area contributed by atoms with E-state index in [1.165, 1.54) is 92.2 Å². The van der Waals surface area contributed by atoms with Crippen LogP contribution in [-0.4, -0.2) is 15.0 Å². The molecule has 26 aromatic rings. The minimum Gasteiger partial charge on any atom is -0.456 e. The fraction of sp³-hybridized carbons (Fsp3) is 0.0250. The lowest BCUT2D eigenvalue weighted by atomic mass is 9.73. The number of nitrogens with zero attached hydrogens (tertiary/aromatic N) is 4. The summed E-state index contributed by atoms with van der Waals surface area (Å²) in [5, 5.41) is 19.8. The van der Waals surface area contributed by atoms with E-state index in [2.05, 4.69) is 407 Å². The summed E-state index contributed by atoms with van der Waals surface area (Å²) in [6, 6.07) is 151. The number of hydrogen-bond acceptors (Lipinski definition) is 8. The lowest BCUT2D eigenvalue weighted by molar-refractivity contribution is 0.632. The number of pyridine rings is 3. The van der Waals surface area contributed by atoms with Crippen LogP contribution in [0.5, 0.6) is 0 Å². The molecule has 0 spiro atoms. The number of hydrogen-bond donors (Lipinski definition) is 0. The number of para-hydroxylation sites is 5. The summed E-state index contributed by atoms with van der Waals surface area (Å²) in [5.74, 6) is 0. The summed E-state index contributed by atoms with van der Waals surface area (Å²) in [4.78, 5) is 18.4. The zero-order valence-electron chi connectivity index (χ0n) is 69.8. The molecular formula is C120H76N4O3S. The fourth-order valence-electron chi connectivity index (χ4n) is 20.1. The van der Waals surface area contributed by atoms with Gasteiger partial charge in [0.1, 0.15) is 33.5 Å². The van der Waals surface area contributed by atoms with Crippen molar-refractivity contribution >= 4 is 179 Å². The van der Waals surface area contributed by atoms with Crippen LogP contribution >= 0.6 is 11.3 Å². The summed E-state index contributed by atoms with van der Waals surface area (Å²) in [6.07, 6.45) is 0. The summed E-state index contributed by atoms with van der Waals surface area (Å²) in [5.41, 5.74) is 30.0. The van der Waals surface area contributed by atoms with Gasteiger partial charge in [-0.1, -0.05) is 317 Å². The Morgan fingerprint density at radius 2 is 0.523 bits per heavy atom. The van der Waals surface area contributed by atoms with E-state index < -0.39 is 0 Å². The molecule has 7 aromatic heterocycles. The maximum Gasteiger partial charge on any atom is 0.136 e. The highest BCUT2D eigenvalue weighted by atomic mass is 32.1. The molecule has 0 amide bonds. The smallest absolute Gasteiger partial charge is 0.136 e. The van der Waals surface area contributed by atoms with Crippen LogP contribution in [0.2, 0.25) is 0 Å². The van der Waals surface area contributed by atoms with Crippen LogP contribution in [0.1, 0.15) is 25.0 Å². The molecule has 1 aliphatic heterocycles. The van der Waals surface area contributed by atoms with E-state index in [-0.39, 0.29) is 5.41 Å². The quantitative estimate of drug-likeness (QED) is 0.140. The van der Waals surface area contributed by atoms with E-state index in [9.17, 15) is 0 Å². The molecule has 0 saturated heterocycles. The van der Waals surface area contributed by atoms with E-state index in [0.29, 0.717) is 0 Å². The number of furan rings is 3. The van der Waals surface area contributed by atoms with Crippen LogP contribution in [0.25, 0.3) is 229 Å². The van der Waals surface area contributed by atoms with Gasteiger partial charge in [0.15, 0.2) is 0 Å². The summed E-state index contributed by atoms with van der Waals surface area (Å²) in [6.45, 7) is 4.64. The number of aromatic nitrogens is 3. The van der Waals surface area contributed by atoms with Crippen molar-refractivity contribution in [1.82, 2.24) is 15.0 Å². The van der Waals surface area contributed by atoms with Gasteiger partial charge < -0.3 is 18.2 Å². The van der Waals surface area contributed by atoms with Gasteiger partial charge in [-0.25, -0.2) is 15.0 Å². The van der Waals surface area contributed by atoms with Gasteiger partial charge in [0.2, 0.25) is 0 Å². The molecule has 0 N–H and O–H groups in total. The molecule has 8 heteroatoms. The van der Waals surface area contributed by atoms with Gasteiger partial charge in [0, 0.05) is 129 Å². The molecule has 128 heavy (non-hydrogen) atoms. The third-order valence-electron chi connectivity index (χ3n) is 26.1. The second kappa shape index (κ2) is 30.0. The van der Waals surface area contributed by atoms with Crippen LogP contribution < -0.4 is 4.90 Å². The predicted octanol–water partition coefficient (Wildman–Crippen LogP) is 34.0. The number of fused-ring (bicyclic) bond motifs is 26. The molecule has 0 fully saturated rings. The maximum absolute atomic E-state index is 6.34. The largest absolute Gasteiger partial charge is 0.456 e. The van der Waals surface area contributed by atoms with E-state index in [0.717, 1.165) is 165 Å². The Morgan fingerprint density at radius 1 is 0.211 bits per heavy atom. The molecule has 27 rings (SSSR count). The van der Waals surface area contributed by atoms with Crippen molar-refractivity contribution in [2.75, 3.05) is 4.90 Å². The van der Waals surface area contributed by atoms with E-state index in [4.69, 9.17) is 28.2 Å². The van der Waals surface area contributed by atoms with Crippen LogP contribution in [0, 0.1) is 0 Å². The highest BCUT2D eigenvalue weighted by Crippen LogP contribution is 2.54. The Bertz CT molecular complexity index is 8880. The second-order valence-corrected chi connectivity index (χ2v) is 34.9. The lowest BCUT2D eigenvalue weighted by Gasteiger charge is -2.42. The topological polar surface area (TPSA) is 81.3 Å². The highest BCUT2D eigenvalue weighted by molar-refractivity contribution is 7.25. The van der Waals surface area contributed by atoms with Crippen LogP contribution in [0.3, 0.4) is 0 Å². The van der Waals surface area contributed by atoms with E-state index in [1.807, 2.05) is 47.7 Å². The van der Waals surface area contributed by atoms with Gasteiger partial charge in [0.25, 0.3) is 0 Å². The Balaban J connectivity index is 0.000000104. The zero-order valence-corrected chi connectivity index (χ0v) is 70.7. The average molecular weight is 1650 g/mol. The number of benzene rings is 19. The first kappa shape index (κ1) is 74.3. The van der Waals surface area contributed by atoms with Crippen molar-refractivity contribution in [3.8, 4) is 78.3 Å². The molecule has 19 aromatic carbocycles. The molecule has 0 radical (unpaired) electrons. The Labute approximate surface area is 740 Å². The SMILES string of the molecule is CC1(C)c2ccccc2N(c2ccc3c(c2)nc(-c2ccccc2)c2ccc4oc5ccccc5c4c23)c2ccccc21.c1ccc(-c2cc(-c3ccccc3)cc(-c3ccc4c(c3)nc(-c3ccccc3)c3ccc5oc6ccccc6c5c34)c2)cc1.c1ccc(-c2nc3cc(-c4ccc5c(c4)sc4ccccc45)ccc3c3c2ccc2oc4ccccc4c23)cc1. The van der Waals surface area contributed by atoms with Crippen molar-refractivity contribution in [3.63, 3.8) is 0 Å². The van der Waals surface area contributed by atoms with Gasteiger partial charge in [-0.05, 0) is 177 Å². The van der Waals surface area contributed by atoms with Crippen LogP contribution in [0.4, 0.5) is 17.1 Å². The first-order valence-corrected chi connectivity index (χ1v) is 44.4. The van der Waals surface area contributed by atoms with Gasteiger partial charge in [-0.15, -0.1) is 11.3 Å². The minimum absolute atomic E-state index is 0.108. The van der Waals surface area contributed by atoms with Crippen molar-refractivity contribution in [3.05, 3.63) is 436 Å². The first-order chi connectivity index (χ1) is 63.2. The standard InChI is InChI=1S/C43H27NO.C40H28N2O.C37H21NOS/c1-4-12-28(13-5-1)32-24-33(29-14-6-2-7-15-29)26-34(25-32)31-20-21-35-38(27-31)44-43(30-16-8-3-9-17-30)37-22-23-40-42(41(35)37)36-18-10-11-19-39(36)45-40;1-40(2)30-15-7-9-17-33(30)42(34-18-10-8-16-31(34)40)26-20-21-27-32(24-26)41-39(25-12-4-3-5-13-25)29-22-23-36-38(37(27)29)28-14-6-11-19-35(28)43-36;1-2-8-22(9-3-1)37-29-18-19-32-36(28-11-4-6-12-31(28)39-32)35(29)27-17-15-23(20-30(27)38-37)24-14-16-26-25-10-5-7-13-33(25)40-34(26)21-24/h1-27H;3-24H,1-2H3;1-21H. The predicted molar refractivity (Wildman–Crippen MR) is 537 cm³/mol. The molecule has 1 aliphatic rings. The fourth-order valence-corrected chi connectivity index (χ4v) is 21.3. The molecule has 0 atom stereocenters. The summed E-state index contributed by atoms with van der Waals surface area (Å²) in [7, 11) is 0. The van der Waals surface area contributed by atoms with Gasteiger partial charge in [0.05, 0.1) is 45.0 Å². The maximum atomic E-state index is 6.34.